The van der Waals surface area contributed by atoms with Gasteiger partial charge < -0.3 is 5.32 Å². The van der Waals surface area contributed by atoms with E-state index in [1.807, 2.05) is 43.0 Å². The van der Waals surface area contributed by atoms with Crippen LogP contribution in [0.15, 0.2) is 41.5 Å². The molecule has 0 saturated carbocycles. The van der Waals surface area contributed by atoms with Crippen LogP contribution in [0, 0.1) is 0 Å². The Hall–Kier alpha value is -2.97. The molecule has 1 aromatic carbocycles. The van der Waals surface area contributed by atoms with Crippen molar-refractivity contribution < 1.29 is 0 Å². The Morgan fingerprint density at radius 3 is 2.96 bits per heavy atom. The Labute approximate surface area is 166 Å². The second-order valence-electron chi connectivity index (χ2n) is 6.40. The number of allylic oxidation sites excluding steroid dienone is 2. The molecule has 0 radical (unpaired) electrons. The van der Waals surface area contributed by atoms with E-state index in [0.717, 1.165) is 49.9 Å². The smallest absolute Gasteiger partial charge is 0.234 e. The number of nitrogens with one attached hydrogen (secondary N) is 1. The van der Waals surface area contributed by atoms with E-state index in [9.17, 15) is 0 Å². The first-order chi connectivity index (χ1) is 13.7. The van der Waals surface area contributed by atoms with E-state index in [2.05, 4.69) is 48.8 Å². The number of aromatic nitrogens is 5. The summed E-state index contributed by atoms with van der Waals surface area (Å²) >= 11 is 1.56. The maximum atomic E-state index is 4.60. The van der Waals surface area contributed by atoms with Crippen molar-refractivity contribution in [3.63, 3.8) is 0 Å². The summed E-state index contributed by atoms with van der Waals surface area (Å²) in [5.41, 5.74) is 4.22. The molecule has 4 rings (SSSR count). The lowest BCUT2D eigenvalue weighted by molar-refractivity contribution is 0.762. The average Bonchev–Trinajstić information content (AvgIpc) is 3.27. The predicted octanol–water partition coefficient (Wildman–Crippen LogP) is 3.15. The van der Waals surface area contributed by atoms with Crippen LogP contribution in [-0.2, 0) is 13.0 Å². The van der Waals surface area contributed by atoms with Gasteiger partial charge in [-0.1, -0.05) is 23.5 Å². The monoisotopic (exact) mass is 391 g/mol. The van der Waals surface area contributed by atoms with Crippen LogP contribution in [0.2, 0.25) is 0 Å². The molecule has 0 aliphatic carbocycles. The highest BCUT2D eigenvalue weighted by Crippen LogP contribution is 2.22. The van der Waals surface area contributed by atoms with Crippen LogP contribution in [0.4, 0.5) is 0 Å². The van der Waals surface area contributed by atoms with Crippen LogP contribution in [0.25, 0.3) is 21.4 Å². The van der Waals surface area contributed by atoms with Gasteiger partial charge in [-0.25, -0.2) is 0 Å². The number of hydrogen-bond donors (Lipinski definition) is 1. The summed E-state index contributed by atoms with van der Waals surface area (Å²) < 4.78 is 1.84. The average molecular weight is 392 g/mol. The maximum absolute atomic E-state index is 4.60. The van der Waals surface area contributed by atoms with Gasteiger partial charge in [-0.2, -0.15) is 9.61 Å². The van der Waals surface area contributed by atoms with Gasteiger partial charge in [0, 0.05) is 43.4 Å². The lowest BCUT2D eigenvalue weighted by Gasteiger charge is -2.06. The van der Waals surface area contributed by atoms with Gasteiger partial charge in [0.1, 0.15) is 5.01 Å². The van der Waals surface area contributed by atoms with E-state index < -0.39 is 0 Å². The van der Waals surface area contributed by atoms with Gasteiger partial charge in [0.05, 0.1) is 5.52 Å². The molecule has 0 fully saturated rings. The van der Waals surface area contributed by atoms with E-state index in [-0.39, 0.29) is 0 Å². The number of nitrogens with zero attached hydrogens (tertiary/aromatic N) is 6. The van der Waals surface area contributed by atoms with Crippen molar-refractivity contribution in [2.24, 2.45) is 4.99 Å². The lowest BCUT2D eigenvalue weighted by Crippen LogP contribution is -2.06. The van der Waals surface area contributed by atoms with Crippen LogP contribution in [0.3, 0.4) is 0 Å². The number of pyridine rings is 1. The molecule has 4 aromatic rings. The minimum absolute atomic E-state index is 0.664. The fourth-order valence-corrected chi connectivity index (χ4v) is 3.98. The molecule has 0 aliphatic rings. The summed E-state index contributed by atoms with van der Waals surface area (Å²) in [4.78, 5) is 9.54. The van der Waals surface area contributed by atoms with Crippen molar-refractivity contribution in [1.82, 2.24) is 30.1 Å². The van der Waals surface area contributed by atoms with Gasteiger partial charge in [-0.05, 0) is 43.3 Å². The van der Waals surface area contributed by atoms with Gasteiger partial charge in [-0.3, -0.25) is 9.98 Å². The quantitative estimate of drug-likeness (QED) is 0.511. The first kappa shape index (κ1) is 18.4. The van der Waals surface area contributed by atoms with Gasteiger partial charge in [0.25, 0.3) is 0 Å². The lowest BCUT2D eigenvalue weighted by atomic mass is 10.0. The predicted molar refractivity (Wildman–Crippen MR) is 114 cm³/mol. The SMILES string of the molecule is C/C=C(\C=NC)c1cnc2ccc(Cc3nnc4sc(CNC)nn34)cc2c1. The zero-order chi connectivity index (χ0) is 19.5. The van der Waals surface area contributed by atoms with E-state index >= 15 is 0 Å². The van der Waals surface area contributed by atoms with E-state index in [0.29, 0.717) is 6.42 Å². The van der Waals surface area contributed by atoms with Gasteiger partial charge in [-0.15, -0.1) is 10.2 Å². The fourth-order valence-electron chi connectivity index (χ4n) is 3.12. The standard InChI is InChI=1S/C20H21N7S/c1-4-14(10-21-2)16-9-15-7-13(5-6-17(15)23-11-16)8-18-24-25-20-27(18)26-19(28-20)12-22-3/h4-7,9-11,22H,8,12H2,1-3H3/b14-4+,21-10?. The van der Waals surface area contributed by atoms with Crippen LogP contribution in [0.1, 0.15) is 28.9 Å². The van der Waals surface area contributed by atoms with Gasteiger partial charge in [0.15, 0.2) is 5.82 Å². The Balaban J connectivity index is 1.67. The molecule has 0 unspecified atom stereocenters. The van der Waals surface area contributed by atoms with Crippen LogP contribution < -0.4 is 5.32 Å². The largest absolute Gasteiger partial charge is 0.313 e. The second-order valence-corrected chi connectivity index (χ2v) is 7.44. The summed E-state index contributed by atoms with van der Waals surface area (Å²) in [6.07, 6.45) is 6.44. The summed E-state index contributed by atoms with van der Waals surface area (Å²) in [5, 5.41) is 18.4. The normalized spacial score (nSPS) is 12.6. The molecule has 8 heteroatoms. The highest BCUT2D eigenvalue weighted by atomic mass is 32.1. The van der Waals surface area contributed by atoms with E-state index in [1.165, 1.54) is 0 Å². The molecule has 0 atom stereocenters. The van der Waals surface area contributed by atoms with Crippen molar-refractivity contribution in [3.05, 3.63) is 58.5 Å². The minimum atomic E-state index is 0.664. The molecule has 0 amide bonds. The van der Waals surface area contributed by atoms with Crippen molar-refractivity contribution in [3.8, 4) is 0 Å². The Kier molecular flexibility index (Phi) is 5.23. The zero-order valence-electron chi connectivity index (χ0n) is 16.0. The zero-order valence-corrected chi connectivity index (χ0v) is 16.9. The topological polar surface area (TPSA) is 80.4 Å². The molecule has 3 aromatic heterocycles. The molecule has 1 N–H and O–H groups in total. The van der Waals surface area contributed by atoms with Crippen LogP contribution in [0.5, 0.6) is 0 Å². The third-order valence-electron chi connectivity index (χ3n) is 4.45. The summed E-state index contributed by atoms with van der Waals surface area (Å²) in [6.45, 7) is 2.73. The minimum Gasteiger partial charge on any atom is -0.313 e. The molecule has 7 nitrogen and oxygen atoms in total. The Bertz CT molecular complexity index is 1190. The number of benzene rings is 1. The molecular formula is C20H21N7S. The molecule has 0 saturated heterocycles. The molecule has 28 heavy (non-hydrogen) atoms. The van der Waals surface area contributed by atoms with Crippen molar-refractivity contribution in [2.45, 2.75) is 19.9 Å². The molecule has 3 heterocycles. The number of hydrogen-bond acceptors (Lipinski definition) is 7. The molecule has 142 valence electrons. The van der Waals surface area contributed by atoms with E-state index in [1.54, 1.807) is 18.4 Å². The highest BCUT2D eigenvalue weighted by Gasteiger charge is 2.12. The van der Waals surface area contributed by atoms with Crippen molar-refractivity contribution in [2.75, 3.05) is 14.1 Å². The van der Waals surface area contributed by atoms with Crippen LogP contribution >= 0.6 is 11.3 Å². The number of aliphatic imine (C=N–C) groups is 1. The molecule has 0 spiro atoms. The fraction of sp³-hybridized carbons (Fsp3) is 0.250. The number of fused-ring (bicyclic) bond motifs is 2. The van der Waals surface area contributed by atoms with Gasteiger partial charge in [0.2, 0.25) is 4.96 Å². The second kappa shape index (κ2) is 7.95. The first-order valence-corrected chi connectivity index (χ1v) is 9.85. The summed E-state index contributed by atoms with van der Waals surface area (Å²) in [5.74, 6) is 0.837. The Morgan fingerprint density at radius 2 is 2.18 bits per heavy atom. The van der Waals surface area contributed by atoms with Crippen molar-refractivity contribution in [1.29, 1.82) is 0 Å². The van der Waals surface area contributed by atoms with Crippen molar-refractivity contribution >= 4 is 39.0 Å². The molecule has 0 aliphatic heterocycles. The highest BCUT2D eigenvalue weighted by molar-refractivity contribution is 7.16. The Morgan fingerprint density at radius 1 is 1.29 bits per heavy atom. The van der Waals surface area contributed by atoms with Crippen LogP contribution in [-0.4, -0.2) is 45.1 Å². The summed E-state index contributed by atoms with van der Waals surface area (Å²) in [6, 6.07) is 8.44. The molecular weight excluding hydrogens is 370 g/mol. The van der Waals surface area contributed by atoms with Gasteiger partial charge >= 0.3 is 0 Å². The summed E-state index contributed by atoms with van der Waals surface area (Å²) in [7, 11) is 3.68. The first-order valence-electron chi connectivity index (χ1n) is 9.04. The number of rotatable bonds is 6. The third-order valence-corrected chi connectivity index (χ3v) is 5.34. The third kappa shape index (κ3) is 3.56. The maximum Gasteiger partial charge on any atom is 0.234 e. The van der Waals surface area contributed by atoms with E-state index in [4.69, 9.17) is 0 Å². The molecule has 0 bridgehead atoms.